The largest absolute Gasteiger partial charge is 0.505 e. The number of para-hydroxylation sites is 1. The molecule has 3 N–H and O–H groups in total. The van der Waals surface area contributed by atoms with E-state index < -0.39 is 5.82 Å². The number of benzene rings is 2. The predicted octanol–water partition coefficient (Wildman–Crippen LogP) is 2.46. The van der Waals surface area contributed by atoms with Gasteiger partial charge in [-0.1, -0.05) is 24.3 Å². The van der Waals surface area contributed by atoms with Crippen molar-refractivity contribution >= 4 is 0 Å². The molecule has 1 heterocycles. The summed E-state index contributed by atoms with van der Waals surface area (Å²) in [5.74, 6) is -0.219. The highest BCUT2D eigenvalue weighted by Crippen LogP contribution is 2.39. The molecule has 0 bridgehead atoms. The Hall–Kier alpha value is -2.07. The quantitative estimate of drug-likeness (QED) is 0.871. The number of phenols is 1. The molecule has 0 aromatic heterocycles. The molecule has 0 saturated carbocycles. The van der Waals surface area contributed by atoms with Crippen molar-refractivity contribution in [1.82, 2.24) is 0 Å². The van der Waals surface area contributed by atoms with E-state index in [1.807, 2.05) is 18.2 Å². The summed E-state index contributed by atoms with van der Waals surface area (Å²) in [5, 5.41) is 9.24. The van der Waals surface area contributed by atoms with Crippen molar-refractivity contribution in [3.8, 4) is 22.6 Å². The van der Waals surface area contributed by atoms with E-state index >= 15 is 0 Å². The highest BCUT2D eigenvalue weighted by molar-refractivity contribution is 5.73. The smallest absolute Gasteiger partial charge is 0.165 e. The molecular formula is C15H14FNO2. The van der Waals surface area contributed by atoms with Crippen molar-refractivity contribution in [2.24, 2.45) is 5.73 Å². The number of phenolic OH excluding ortho intramolecular Hbond substituents is 1. The van der Waals surface area contributed by atoms with E-state index in [-0.39, 0.29) is 11.9 Å². The second kappa shape index (κ2) is 4.55. The van der Waals surface area contributed by atoms with Gasteiger partial charge in [0.25, 0.3) is 0 Å². The fourth-order valence-electron chi connectivity index (χ4n) is 2.37. The molecule has 1 aliphatic rings. The minimum atomic E-state index is -0.636. The Morgan fingerprint density at radius 3 is 2.89 bits per heavy atom. The summed E-state index contributed by atoms with van der Waals surface area (Å²) in [6.45, 7) is 0.456. The molecule has 1 atom stereocenters. The zero-order chi connectivity index (χ0) is 13.4. The lowest BCUT2D eigenvalue weighted by molar-refractivity contribution is 0.242. The maximum absolute atomic E-state index is 13.4. The predicted molar refractivity (Wildman–Crippen MR) is 70.7 cm³/mol. The fraction of sp³-hybridized carbons (Fsp3) is 0.200. The van der Waals surface area contributed by atoms with Crippen LogP contribution in [0.2, 0.25) is 0 Å². The van der Waals surface area contributed by atoms with Crippen molar-refractivity contribution in [3.05, 3.63) is 47.8 Å². The van der Waals surface area contributed by atoms with Crippen molar-refractivity contribution in [1.29, 1.82) is 0 Å². The molecule has 0 aliphatic carbocycles. The van der Waals surface area contributed by atoms with Crippen LogP contribution in [0.1, 0.15) is 5.56 Å². The first-order valence-electron chi connectivity index (χ1n) is 6.16. The zero-order valence-electron chi connectivity index (χ0n) is 10.3. The van der Waals surface area contributed by atoms with Gasteiger partial charge in [-0.15, -0.1) is 0 Å². The molecular weight excluding hydrogens is 245 g/mol. The van der Waals surface area contributed by atoms with E-state index in [2.05, 4.69) is 0 Å². The molecule has 3 rings (SSSR count). The molecule has 0 saturated heterocycles. The summed E-state index contributed by atoms with van der Waals surface area (Å²) in [6.07, 6.45) is 0.762. The van der Waals surface area contributed by atoms with Crippen molar-refractivity contribution in [2.45, 2.75) is 12.5 Å². The zero-order valence-corrected chi connectivity index (χ0v) is 10.3. The van der Waals surface area contributed by atoms with Gasteiger partial charge >= 0.3 is 0 Å². The number of rotatable bonds is 2. The molecule has 19 heavy (non-hydrogen) atoms. The number of aromatic hydroxyl groups is 1. The van der Waals surface area contributed by atoms with Crippen LogP contribution < -0.4 is 10.5 Å². The van der Waals surface area contributed by atoms with Crippen LogP contribution in [0.25, 0.3) is 11.1 Å². The van der Waals surface area contributed by atoms with Crippen molar-refractivity contribution in [2.75, 3.05) is 6.54 Å². The van der Waals surface area contributed by atoms with Gasteiger partial charge in [-0.3, -0.25) is 0 Å². The van der Waals surface area contributed by atoms with Crippen LogP contribution in [-0.4, -0.2) is 17.8 Å². The van der Waals surface area contributed by atoms with Gasteiger partial charge in [0, 0.05) is 18.5 Å². The summed E-state index contributed by atoms with van der Waals surface area (Å²) in [5.41, 5.74) is 8.22. The maximum Gasteiger partial charge on any atom is 0.165 e. The van der Waals surface area contributed by atoms with Crippen LogP contribution in [0.4, 0.5) is 4.39 Å². The van der Waals surface area contributed by atoms with Crippen molar-refractivity contribution in [3.63, 3.8) is 0 Å². The van der Waals surface area contributed by atoms with E-state index in [1.54, 1.807) is 6.07 Å². The van der Waals surface area contributed by atoms with Crippen LogP contribution in [0, 0.1) is 5.82 Å². The van der Waals surface area contributed by atoms with Crippen LogP contribution in [0.3, 0.4) is 0 Å². The number of ether oxygens (including phenoxy) is 1. The standard InChI is InChI=1S/C15H14FNO2/c16-13-7-9(4-5-14(13)18)12-3-1-2-10-6-11(8-17)19-15(10)12/h1-5,7,11,18H,6,8,17H2. The van der Waals surface area contributed by atoms with Gasteiger partial charge in [0.2, 0.25) is 0 Å². The van der Waals surface area contributed by atoms with Gasteiger partial charge in [0.15, 0.2) is 11.6 Å². The van der Waals surface area contributed by atoms with Gasteiger partial charge < -0.3 is 15.6 Å². The Morgan fingerprint density at radius 2 is 2.16 bits per heavy atom. The number of halogens is 1. The molecule has 1 unspecified atom stereocenters. The first-order chi connectivity index (χ1) is 9.19. The summed E-state index contributed by atoms with van der Waals surface area (Å²) >= 11 is 0. The highest BCUT2D eigenvalue weighted by atomic mass is 19.1. The second-order valence-corrected chi connectivity index (χ2v) is 4.64. The van der Waals surface area contributed by atoms with Gasteiger partial charge in [-0.2, -0.15) is 0 Å². The molecule has 4 heteroatoms. The van der Waals surface area contributed by atoms with Crippen LogP contribution >= 0.6 is 0 Å². The van der Waals surface area contributed by atoms with E-state index in [9.17, 15) is 9.50 Å². The van der Waals surface area contributed by atoms with E-state index in [4.69, 9.17) is 10.5 Å². The van der Waals surface area contributed by atoms with Crippen LogP contribution in [0.5, 0.6) is 11.5 Å². The third-order valence-corrected chi connectivity index (χ3v) is 3.35. The molecule has 3 nitrogen and oxygen atoms in total. The van der Waals surface area contributed by atoms with E-state index in [1.165, 1.54) is 12.1 Å². The Balaban J connectivity index is 2.07. The van der Waals surface area contributed by atoms with Gasteiger partial charge in [-0.25, -0.2) is 4.39 Å². The van der Waals surface area contributed by atoms with E-state index in [0.29, 0.717) is 12.1 Å². The molecule has 0 radical (unpaired) electrons. The second-order valence-electron chi connectivity index (χ2n) is 4.64. The minimum Gasteiger partial charge on any atom is -0.505 e. The highest BCUT2D eigenvalue weighted by Gasteiger charge is 2.24. The first kappa shape index (κ1) is 12.0. The number of nitrogens with two attached hydrogens (primary N) is 1. The third kappa shape index (κ3) is 2.04. The SMILES string of the molecule is NCC1Cc2cccc(-c3ccc(O)c(F)c3)c2O1. The molecule has 98 valence electrons. The monoisotopic (exact) mass is 259 g/mol. The van der Waals surface area contributed by atoms with Crippen LogP contribution in [-0.2, 0) is 6.42 Å². The summed E-state index contributed by atoms with van der Waals surface area (Å²) in [7, 11) is 0. The first-order valence-corrected chi connectivity index (χ1v) is 6.16. The summed E-state index contributed by atoms with van der Waals surface area (Å²) < 4.78 is 19.3. The Bertz CT molecular complexity index is 628. The van der Waals surface area contributed by atoms with Gasteiger partial charge in [0.05, 0.1) is 0 Å². The maximum atomic E-state index is 13.4. The van der Waals surface area contributed by atoms with Gasteiger partial charge in [0.1, 0.15) is 11.9 Å². The normalized spacial score (nSPS) is 17.1. The van der Waals surface area contributed by atoms with E-state index in [0.717, 1.165) is 23.3 Å². The third-order valence-electron chi connectivity index (χ3n) is 3.35. The number of hydrogen-bond donors (Lipinski definition) is 2. The summed E-state index contributed by atoms with van der Waals surface area (Å²) in [4.78, 5) is 0. The lowest BCUT2D eigenvalue weighted by atomic mass is 10.0. The van der Waals surface area contributed by atoms with Gasteiger partial charge in [-0.05, 0) is 23.3 Å². The molecule has 0 spiro atoms. The summed E-state index contributed by atoms with van der Waals surface area (Å²) in [6, 6.07) is 10.1. The fourth-order valence-corrected chi connectivity index (χ4v) is 2.37. The average molecular weight is 259 g/mol. The lowest BCUT2D eigenvalue weighted by Crippen LogP contribution is -2.24. The molecule has 2 aromatic carbocycles. The molecule has 0 fully saturated rings. The topological polar surface area (TPSA) is 55.5 Å². The lowest BCUT2D eigenvalue weighted by Gasteiger charge is -2.11. The minimum absolute atomic E-state index is 0.0156. The molecule has 0 amide bonds. The number of hydrogen-bond acceptors (Lipinski definition) is 3. The Kier molecular flexibility index (Phi) is 2.87. The average Bonchev–Trinajstić information content (AvgIpc) is 2.85. The Morgan fingerprint density at radius 1 is 1.32 bits per heavy atom. The Labute approximate surface area is 110 Å². The number of fused-ring (bicyclic) bond motifs is 1. The van der Waals surface area contributed by atoms with Crippen molar-refractivity contribution < 1.29 is 14.2 Å². The molecule has 2 aromatic rings. The molecule has 1 aliphatic heterocycles. The van der Waals surface area contributed by atoms with Crippen LogP contribution in [0.15, 0.2) is 36.4 Å².